The third-order valence-electron chi connectivity index (χ3n) is 2.92. The lowest BCUT2D eigenvalue weighted by Gasteiger charge is -2.34. The minimum absolute atomic E-state index is 0.346. The van der Waals surface area contributed by atoms with Gasteiger partial charge in [0.1, 0.15) is 0 Å². The Morgan fingerprint density at radius 2 is 1.35 bits per heavy atom. The zero-order valence-electron chi connectivity index (χ0n) is 10.8. The van der Waals surface area contributed by atoms with Gasteiger partial charge in [0.25, 0.3) is 0 Å². The second-order valence-electron chi connectivity index (χ2n) is 4.59. The molecular weight excluding hydrogens is 367 g/mol. The van der Waals surface area contributed by atoms with Gasteiger partial charge in [0, 0.05) is 11.4 Å². The minimum Gasteiger partial charge on any atom is -0.388 e. The van der Waals surface area contributed by atoms with Crippen LogP contribution in [-0.4, -0.2) is 29.1 Å². The molecule has 0 saturated heterocycles. The van der Waals surface area contributed by atoms with Crippen LogP contribution < -0.4 is 0 Å². The normalized spacial score (nSPS) is 15.6. The second kappa shape index (κ2) is 6.04. The molecule has 132 valence electrons. The molecule has 0 bridgehead atoms. The highest BCUT2D eigenvalue weighted by Gasteiger charge is 2.81. The van der Waals surface area contributed by atoms with Crippen LogP contribution in [0, 0.1) is 0 Å². The molecule has 0 heterocycles. The predicted octanol–water partition coefficient (Wildman–Crippen LogP) is 5.23. The molecule has 1 aromatic carbocycles. The van der Waals surface area contributed by atoms with Gasteiger partial charge in [-0.2, -0.15) is 39.5 Å². The highest BCUT2D eigenvalue weighted by Crippen LogP contribution is 2.55. The van der Waals surface area contributed by atoms with E-state index in [1.165, 1.54) is 12.1 Å². The van der Waals surface area contributed by atoms with E-state index in [-0.39, 0.29) is 5.02 Å². The number of hydrogen-bond acceptors (Lipinski definition) is 1. The van der Waals surface area contributed by atoms with Gasteiger partial charge < -0.3 is 5.11 Å². The fourth-order valence-electron chi connectivity index (χ4n) is 1.63. The van der Waals surface area contributed by atoms with Gasteiger partial charge in [-0.1, -0.05) is 29.8 Å². The molecule has 0 saturated carbocycles. The Morgan fingerprint density at radius 1 is 0.870 bits per heavy atom. The average Bonchev–Trinajstić information content (AvgIpc) is 2.36. The fraction of sp³-hybridized carbons (Fsp3) is 0.500. The van der Waals surface area contributed by atoms with Crippen molar-refractivity contribution in [2.45, 2.75) is 36.5 Å². The zero-order chi connectivity index (χ0) is 18.3. The highest BCUT2D eigenvalue weighted by atomic mass is 35.5. The van der Waals surface area contributed by atoms with Gasteiger partial charge in [0.05, 0.1) is 6.10 Å². The smallest absolute Gasteiger partial charge is 0.388 e. The second-order valence-corrected chi connectivity index (χ2v) is 5.00. The number of halogens is 10. The molecule has 1 nitrogen and oxygen atoms in total. The summed E-state index contributed by atoms with van der Waals surface area (Å²) in [5.74, 6) is -19.6. The maximum Gasteiger partial charge on any atom is 0.460 e. The molecule has 0 aliphatic carbocycles. The van der Waals surface area contributed by atoms with Gasteiger partial charge in [-0.15, -0.1) is 0 Å². The lowest BCUT2D eigenvalue weighted by atomic mass is 9.95. The van der Waals surface area contributed by atoms with Crippen molar-refractivity contribution < 1.29 is 44.6 Å². The van der Waals surface area contributed by atoms with E-state index in [2.05, 4.69) is 0 Å². The van der Waals surface area contributed by atoms with Crippen LogP contribution in [0.15, 0.2) is 24.3 Å². The van der Waals surface area contributed by atoms with Gasteiger partial charge in [0.2, 0.25) is 0 Å². The molecular formula is C12H8ClF9O. The summed E-state index contributed by atoms with van der Waals surface area (Å²) in [4.78, 5) is 0. The molecule has 1 aromatic rings. The highest BCUT2D eigenvalue weighted by molar-refractivity contribution is 6.31. The van der Waals surface area contributed by atoms with Crippen molar-refractivity contribution in [2.24, 2.45) is 0 Å². The molecule has 0 aliphatic rings. The number of benzene rings is 1. The van der Waals surface area contributed by atoms with E-state index in [4.69, 9.17) is 11.6 Å². The lowest BCUT2D eigenvalue weighted by molar-refractivity contribution is -0.398. The van der Waals surface area contributed by atoms with Crippen molar-refractivity contribution in [3.05, 3.63) is 34.9 Å². The molecule has 0 spiro atoms. The van der Waals surface area contributed by atoms with Gasteiger partial charge in [-0.25, -0.2) is 0 Å². The van der Waals surface area contributed by atoms with Crippen LogP contribution in [0.4, 0.5) is 39.5 Å². The Labute approximate surface area is 128 Å². The quantitative estimate of drug-likeness (QED) is 0.700. The molecule has 1 N–H and O–H groups in total. The first-order valence-electron chi connectivity index (χ1n) is 5.78. The van der Waals surface area contributed by atoms with Crippen molar-refractivity contribution in [1.29, 1.82) is 0 Å². The van der Waals surface area contributed by atoms with Crippen molar-refractivity contribution >= 4 is 11.6 Å². The summed E-state index contributed by atoms with van der Waals surface area (Å²) in [6.45, 7) is 0. The van der Waals surface area contributed by atoms with E-state index in [1.807, 2.05) is 0 Å². The van der Waals surface area contributed by atoms with Gasteiger partial charge in [0.15, 0.2) is 0 Å². The molecule has 0 aromatic heterocycles. The Balaban J connectivity index is 3.13. The largest absolute Gasteiger partial charge is 0.460 e. The maximum absolute atomic E-state index is 13.4. The molecule has 1 rings (SSSR count). The molecule has 0 aliphatic heterocycles. The number of alkyl halides is 9. The summed E-state index contributed by atoms with van der Waals surface area (Å²) in [6.07, 6.45) is -11.8. The van der Waals surface area contributed by atoms with Gasteiger partial charge in [-0.05, 0) is 11.6 Å². The summed E-state index contributed by atoms with van der Waals surface area (Å²) in [5.41, 5.74) is -0.514. The third-order valence-corrected chi connectivity index (χ3v) is 3.27. The van der Waals surface area contributed by atoms with Gasteiger partial charge >= 0.3 is 23.9 Å². The lowest BCUT2D eigenvalue weighted by Crippen LogP contribution is -2.61. The first kappa shape index (κ1) is 19.9. The topological polar surface area (TPSA) is 20.2 Å². The molecule has 1 unspecified atom stereocenters. The van der Waals surface area contributed by atoms with Crippen molar-refractivity contribution in [3.63, 3.8) is 0 Å². The summed E-state index contributed by atoms with van der Waals surface area (Å²) in [7, 11) is 0. The molecule has 11 heteroatoms. The third kappa shape index (κ3) is 3.52. The van der Waals surface area contributed by atoms with E-state index in [0.29, 0.717) is 0 Å². The van der Waals surface area contributed by atoms with Crippen LogP contribution in [-0.2, 0) is 0 Å². The molecule has 0 radical (unpaired) electrons. The first-order chi connectivity index (χ1) is 10.1. The minimum atomic E-state index is -6.98. The first-order valence-corrected chi connectivity index (χ1v) is 6.15. The van der Waals surface area contributed by atoms with Crippen LogP contribution in [0.3, 0.4) is 0 Å². The Morgan fingerprint density at radius 3 is 1.78 bits per heavy atom. The zero-order valence-corrected chi connectivity index (χ0v) is 11.6. The monoisotopic (exact) mass is 374 g/mol. The maximum atomic E-state index is 13.4. The average molecular weight is 375 g/mol. The van der Waals surface area contributed by atoms with Crippen molar-refractivity contribution in [2.75, 3.05) is 0 Å². The predicted molar refractivity (Wildman–Crippen MR) is 61.9 cm³/mol. The van der Waals surface area contributed by atoms with E-state index < -0.39 is 42.0 Å². The summed E-state index contributed by atoms with van der Waals surface area (Å²) >= 11 is 5.50. The molecule has 23 heavy (non-hydrogen) atoms. The molecule has 1 atom stereocenters. The molecule has 0 amide bonds. The number of hydrogen-bond donors (Lipinski definition) is 1. The van der Waals surface area contributed by atoms with Crippen LogP contribution >= 0.6 is 11.6 Å². The Bertz CT molecular complexity index is 556. The molecule has 0 fully saturated rings. The van der Waals surface area contributed by atoms with Crippen molar-refractivity contribution in [1.82, 2.24) is 0 Å². The standard InChI is InChI=1S/C12H8ClF9O/c13-7-4-2-1-3-6(7)8(23)5-9(14,15)10(16,17)11(18,19)12(20,21)22/h1-4,8,23H,5H2. The number of aliphatic hydroxyl groups excluding tert-OH is 1. The van der Waals surface area contributed by atoms with E-state index in [9.17, 15) is 44.6 Å². The Hall–Kier alpha value is -1.16. The Kier molecular flexibility index (Phi) is 5.23. The SMILES string of the molecule is OC(CC(F)(F)C(F)(F)C(F)(F)C(F)(F)F)c1ccccc1Cl. The van der Waals surface area contributed by atoms with Gasteiger partial charge in [-0.3, -0.25) is 0 Å². The van der Waals surface area contributed by atoms with Crippen LogP contribution in [0.5, 0.6) is 0 Å². The fourth-order valence-corrected chi connectivity index (χ4v) is 1.90. The van der Waals surface area contributed by atoms with Crippen LogP contribution in [0.25, 0.3) is 0 Å². The summed E-state index contributed by atoms with van der Waals surface area (Å²) in [5, 5.41) is 9.10. The van der Waals surface area contributed by atoms with E-state index >= 15 is 0 Å². The van der Waals surface area contributed by atoms with E-state index in [0.717, 1.165) is 12.1 Å². The van der Waals surface area contributed by atoms with E-state index in [1.54, 1.807) is 0 Å². The number of rotatable bonds is 5. The van der Waals surface area contributed by atoms with Crippen molar-refractivity contribution in [3.8, 4) is 0 Å². The number of aliphatic hydroxyl groups is 1. The summed E-state index contributed by atoms with van der Waals surface area (Å²) < 4.78 is 114. The summed E-state index contributed by atoms with van der Waals surface area (Å²) in [6, 6.07) is 4.48. The van der Waals surface area contributed by atoms with Crippen LogP contribution in [0.1, 0.15) is 18.1 Å². The van der Waals surface area contributed by atoms with Crippen LogP contribution in [0.2, 0.25) is 5.02 Å².